The number of aliphatic hydroxyl groups excluding tert-OH is 1. The SMILES string of the molecule is CC1NCCC2C1CCCC2C(O)C(F)(F)F. The lowest BCUT2D eigenvalue weighted by atomic mass is 9.64. The molecular weight excluding hydrogens is 231 g/mol. The highest BCUT2D eigenvalue weighted by Gasteiger charge is 2.49. The Morgan fingerprint density at radius 2 is 1.88 bits per heavy atom. The van der Waals surface area contributed by atoms with Gasteiger partial charge in [0.2, 0.25) is 0 Å². The molecule has 5 atom stereocenters. The number of halogens is 3. The van der Waals surface area contributed by atoms with Gasteiger partial charge in [0.25, 0.3) is 0 Å². The maximum Gasteiger partial charge on any atom is 0.414 e. The van der Waals surface area contributed by atoms with Crippen molar-refractivity contribution in [3.63, 3.8) is 0 Å². The van der Waals surface area contributed by atoms with Crippen LogP contribution in [0.3, 0.4) is 0 Å². The van der Waals surface area contributed by atoms with Gasteiger partial charge in [0, 0.05) is 6.04 Å². The van der Waals surface area contributed by atoms with Gasteiger partial charge in [0.15, 0.2) is 6.10 Å². The highest BCUT2D eigenvalue weighted by atomic mass is 19.4. The van der Waals surface area contributed by atoms with E-state index in [1.807, 2.05) is 6.92 Å². The van der Waals surface area contributed by atoms with Gasteiger partial charge >= 0.3 is 6.18 Å². The number of aliphatic hydroxyl groups is 1. The van der Waals surface area contributed by atoms with Crippen molar-refractivity contribution in [1.82, 2.24) is 5.32 Å². The van der Waals surface area contributed by atoms with Gasteiger partial charge in [-0.3, -0.25) is 0 Å². The number of hydrogen-bond acceptors (Lipinski definition) is 2. The second-order valence-electron chi connectivity index (χ2n) is 5.44. The lowest BCUT2D eigenvalue weighted by Crippen LogP contribution is -2.52. The first-order valence-electron chi connectivity index (χ1n) is 6.39. The van der Waals surface area contributed by atoms with Crippen LogP contribution in [0.5, 0.6) is 0 Å². The Balaban J connectivity index is 2.12. The van der Waals surface area contributed by atoms with Crippen LogP contribution >= 0.6 is 0 Å². The van der Waals surface area contributed by atoms with E-state index in [0.717, 1.165) is 25.8 Å². The van der Waals surface area contributed by atoms with Gasteiger partial charge in [-0.25, -0.2) is 0 Å². The van der Waals surface area contributed by atoms with Crippen molar-refractivity contribution in [2.24, 2.45) is 17.8 Å². The summed E-state index contributed by atoms with van der Waals surface area (Å²) in [6, 6.07) is 0.275. The van der Waals surface area contributed by atoms with E-state index in [4.69, 9.17) is 0 Å². The van der Waals surface area contributed by atoms with Crippen LogP contribution in [0.1, 0.15) is 32.6 Å². The monoisotopic (exact) mass is 251 g/mol. The van der Waals surface area contributed by atoms with Gasteiger partial charge in [0.05, 0.1) is 0 Å². The molecule has 0 aromatic rings. The Hall–Kier alpha value is -0.290. The second-order valence-corrected chi connectivity index (χ2v) is 5.44. The van der Waals surface area contributed by atoms with Gasteiger partial charge in [0.1, 0.15) is 0 Å². The van der Waals surface area contributed by atoms with Crippen LogP contribution in [0.4, 0.5) is 13.2 Å². The molecule has 1 saturated carbocycles. The summed E-state index contributed by atoms with van der Waals surface area (Å²) in [7, 11) is 0. The number of hydrogen-bond donors (Lipinski definition) is 2. The highest BCUT2D eigenvalue weighted by molar-refractivity contribution is 4.94. The van der Waals surface area contributed by atoms with E-state index in [1.54, 1.807) is 0 Å². The van der Waals surface area contributed by atoms with E-state index in [9.17, 15) is 18.3 Å². The summed E-state index contributed by atoms with van der Waals surface area (Å²) in [5.74, 6) is -0.283. The van der Waals surface area contributed by atoms with Gasteiger partial charge in [-0.15, -0.1) is 0 Å². The Kier molecular flexibility index (Phi) is 3.69. The summed E-state index contributed by atoms with van der Waals surface area (Å²) < 4.78 is 37.9. The fourth-order valence-electron chi connectivity index (χ4n) is 3.65. The van der Waals surface area contributed by atoms with Crippen molar-refractivity contribution in [1.29, 1.82) is 0 Å². The summed E-state index contributed by atoms with van der Waals surface area (Å²) in [6.07, 6.45) is -3.56. The van der Waals surface area contributed by atoms with E-state index in [1.165, 1.54) is 0 Å². The van der Waals surface area contributed by atoms with E-state index < -0.39 is 18.2 Å². The van der Waals surface area contributed by atoms with Gasteiger partial charge in [-0.1, -0.05) is 6.42 Å². The molecule has 5 heteroatoms. The molecule has 0 radical (unpaired) electrons. The summed E-state index contributed by atoms with van der Waals surface area (Å²) in [6.45, 7) is 2.81. The quantitative estimate of drug-likeness (QED) is 0.749. The molecule has 1 aliphatic heterocycles. The Morgan fingerprint density at radius 3 is 2.53 bits per heavy atom. The molecule has 0 bridgehead atoms. The first kappa shape index (κ1) is 13.1. The van der Waals surface area contributed by atoms with Crippen molar-refractivity contribution in [3.8, 4) is 0 Å². The molecule has 0 aromatic carbocycles. The van der Waals surface area contributed by atoms with Crippen molar-refractivity contribution < 1.29 is 18.3 Å². The zero-order chi connectivity index (χ0) is 12.6. The Morgan fingerprint density at radius 1 is 1.18 bits per heavy atom. The van der Waals surface area contributed by atoms with Gasteiger partial charge in [-0.2, -0.15) is 13.2 Å². The van der Waals surface area contributed by atoms with Crippen LogP contribution in [-0.2, 0) is 0 Å². The molecule has 0 amide bonds. The molecule has 2 fully saturated rings. The molecule has 5 unspecified atom stereocenters. The number of piperidine rings is 1. The molecule has 0 aromatic heterocycles. The zero-order valence-corrected chi connectivity index (χ0v) is 10.0. The van der Waals surface area contributed by atoms with Gasteiger partial charge in [-0.05, 0) is 50.5 Å². The molecule has 2 aliphatic rings. The van der Waals surface area contributed by atoms with Crippen molar-refractivity contribution in [2.75, 3.05) is 6.54 Å². The standard InChI is InChI=1S/C12H20F3NO/c1-7-8-3-2-4-10(9(8)5-6-16-7)11(17)12(13,14)15/h7-11,16-17H,2-6H2,1H3. The summed E-state index contributed by atoms with van der Waals surface area (Å²) in [5, 5.41) is 12.8. The summed E-state index contributed by atoms with van der Waals surface area (Å²) in [5.41, 5.74) is 0. The lowest BCUT2D eigenvalue weighted by molar-refractivity contribution is -0.231. The van der Waals surface area contributed by atoms with Gasteiger partial charge < -0.3 is 10.4 Å². The van der Waals surface area contributed by atoms with Crippen LogP contribution in [-0.4, -0.2) is 30.0 Å². The number of rotatable bonds is 1. The molecule has 1 saturated heterocycles. The maximum absolute atomic E-state index is 12.6. The van der Waals surface area contributed by atoms with Crippen LogP contribution in [0, 0.1) is 17.8 Å². The molecular formula is C12H20F3NO. The molecule has 1 heterocycles. The van der Waals surface area contributed by atoms with Crippen LogP contribution in [0.15, 0.2) is 0 Å². The average Bonchev–Trinajstić information content (AvgIpc) is 2.27. The minimum Gasteiger partial charge on any atom is -0.383 e. The predicted octanol–water partition coefficient (Wildman–Crippen LogP) is 2.32. The second kappa shape index (κ2) is 4.76. The Labute approximate surface area is 99.6 Å². The molecule has 17 heavy (non-hydrogen) atoms. The maximum atomic E-state index is 12.6. The lowest BCUT2D eigenvalue weighted by Gasteiger charge is -2.46. The van der Waals surface area contributed by atoms with Crippen LogP contribution in [0.25, 0.3) is 0 Å². The molecule has 2 rings (SSSR count). The molecule has 0 spiro atoms. The number of nitrogens with one attached hydrogen (secondary N) is 1. The smallest absolute Gasteiger partial charge is 0.383 e. The zero-order valence-electron chi connectivity index (χ0n) is 10.0. The number of alkyl halides is 3. The van der Waals surface area contributed by atoms with E-state index in [-0.39, 0.29) is 12.0 Å². The fourth-order valence-corrected chi connectivity index (χ4v) is 3.65. The molecule has 1 aliphatic carbocycles. The van der Waals surface area contributed by atoms with Crippen molar-refractivity contribution >= 4 is 0 Å². The summed E-state index contributed by atoms with van der Waals surface area (Å²) in [4.78, 5) is 0. The third kappa shape index (κ3) is 2.60. The van der Waals surface area contributed by atoms with Crippen LogP contribution < -0.4 is 5.32 Å². The fraction of sp³-hybridized carbons (Fsp3) is 1.00. The minimum absolute atomic E-state index is 0.0247. The Bertz CT molecular complexity index is 269. The average molecular weight is 251 g/mol. The third-order valence-corrected chi connectivity index (χ3v) is 4.50. The number of fused-ring (bicyclic) bond motifs is 1. The molecule has 2 nitrogen and oxygen atoms in total. The molecule has 100 valence electrons. The predicted molar refractivity (Wildman–Crippen MR) is 58.5 cm³/mol. The van der Waals surface area contributed by atoms with E-state index >= 15 is 0 Å². The largest absolute Gasteiger partial charge is 0.414 e. The highest BCUT2D eigenvalue weighted by Crippen LogP contribution is 2.45. The van der Waals surface area contributed by atoms with E-state index in [0.29, 0.717) is 12.3 Å². The van der Waals surface area contributed by atoms with Crippen molar-refractivity contribution in [3.05, 3.63) is 0 Å². The first-order chi connectivity index (χ1) is 7.91. The normalized spacial score (nSPS) is 40.8. The van der Waals surface area contributed by atoms with E-state index in [2.05, 4.69) is 5.32 Å². The first-order valence-corrected chi connectivity index (χ1v) is 6.39. The topological polar surface area (TPSA) is 32.3 Å². The molecule has 2 N–H and O–H groups in total. The minimum atomic E-state index is -4.47. The van der Waals surface area contributed by atoms with Crippen LogP contribution in [0.2, 0.25) is 0 Å². The summed E-state index contributed by atoms with van der Waals surface area (Å²) >= 11 is 0. The van der Waals surface area contributed by atoms with Crippen molar-refractivity contribution in [2.45, 2.75) is 50.9 Å². The third-order valence-electron chi connectivity index (χ3n) is 4.50.